The predicted molar refractivity (Wildman–Crippen MR) is 167 cm³/mol. The van der Waals surface area contributed by atoms with Crippen LogP contribution in [-0.2, 0) is 65.4 Å². The van der Waals surface area contributed by atoms with Crippen molar-refractivity contribution in [3.8, 4) is 11.5 Å². The van der Waals surface area contributed by atoms with E-state index < -0.39 is 12.1 Å². The summed E-state index contributed by atoms with van der Waals surface area (Å²) in [5.41, 5.74) is 0.677. The number of nitrogens with zero attached hydrogens (tertiary/aromatic N) is 8. The zero-order valence-electron chi connectivity index (χ0n) is 26.4. The van der Waals surface area contributed by atoms with E-state index in [9.17, 15) is 10.2 Å². The van der Waals surface area contributed by atoms with Crippen LogP contribution in [0, 0.1) is 0 Å². The van der Waals surface area contributed by atoms with Crippen molar-refractivity contribution in [3.05, 3.63) is 48.5 Å². The number of benzene rings is 2. The molecular formula is C28H46N8O4Y2. The Balaban J connectivity index is -0.000000162. The van der Waals surface area contributed by atoms with Gasteiger partial charge in [-0.15, -0.1) is 10.2 Å². The molecule has 2 radical (unpaired) electrons. The van der Waals surface area contributed by atoms with Crippen LogP contribution in [0.2, 0.25) is 0 Å². The molecule has 2 aliphatic heterocycles. The number of hydrogen-bond donors (Lipinski definition) is 4. The summed E-state index contributed by atoms with van der Waals surface area (Å²) in [6.45, 7) is 20.0. The number of phenols is 2. The molecule has 2 aromatic carbocycles. The van der Waals surface area contributed by atoms with Gasteiger partial charge in [-0.2, -0.15) is 30.7 Å². The summed E-state index contributed by atoms with van der Waals surface area (Å²) in [5, 5.41) is 65.8. The van der Waals surface area contributed by atoms with Crippen LogP contribution in [0.15, 0.2) is 89.4 Å². The standard InChI is InChI=1S/2C9H8N4O2.5C2H6.2Y/c2*14-8-4-2-1-3-6(8)11-12-7-5-10-13-9(7)15;5*1-2;;/h2*1-5,7,14H,(H,13,15);5*1-2H3;;. The normalized spacial score (nSPS) is 14.8. The molecule has 4 rings (SSSR count). The number of aliphatic hydroxyl groups excluding tert-OH is 2. The van der Waals surface area contributed by atoms with E-state index in [1.54, 1.807) is 36.4 Å². The molecule has 0 saturated carbocycles. The molecule has 2 atom stereocenters. The maximum absolute atomic E-state index is 9.37. The zero-order chi connectivity index (χ0) is 31.3. The van der Waals surface area contributed by atoms with Crippen LogP contribution in [0.25, 0.3) is 0 Å². The number of rotatable bonds is 4. The van der Waals surface area contributed by atoms with Crippen LogP contribution >= 0.6 is 0 Å². The summed E-state index contributed by atoms with van der Waals surface area (Å²) in [5.74, 6) is -0.330. The number of aromatic hydroxyl groups is 2. The van der Waals surface area contributed by atoms with Crippen molar-refractivity contribution < 1.29 is 85.8 Å². The molecule has 0 aliphatic carbocycles. The van der Waals surface area contributed by atoms with E-state index in [0.29, 0.717) is 11.4 Å². The van der Waals surface area contributed by atoms with E-state index in [-0.39, 0.29) is 88.7 Å². The van der Waals surface area contributed by atoms with Gasteiger partial charge in [0.25, 0.3) is 0 Å². The second-order valence-corrected chi connectivity index (χ2v) is 5.74. The summed E-state index contributed by atoms with van der Waals surface area (Å²) < 4.78 is 0. The Morgan fingerprint density at radius 2 is 0.786 bits per heavy atom. The van der Waals surface area contributed by atoms with Gasteiger partial charge >= 0.3 is 0 Å². The van der Waals surface area contributed by atoms with Gasteiger partial charge in [0.1, 0.15) is 22.9 Å². The SMILES string of the molecule is CC.CC.CC.CC.CC.OC1=NN=CC1N=Nc1ccccc1O.OC1=NN=CC1N=Nc1ccccc1O.[Y].[Y]. The van der Waals surface area contributed by atoms with E-state index in [0.717, 1.165) is 0 Å². The summed E-state index contributed by atoms with van der Waals surface area (Å²) in [4.78, 5) is 0. The summed E-state index contributed by atoms with van der Waals surface area (Å²) in [7, 11) is 0. The molecule has 14 heteroatoms. The number of azo groups is 2. The third-order valence-corrected chi connectivity index (χ3v) is 3.61. The molecule has 228 valence electrons. The maximum atomic E-state index is 9.37. The third kappa shape index (κ3) is 20.6. The van der Waals surface area contributed by atoms with Gasteiger partial charge in [0.15, 0.2) is 12.1 Å². The molecule has 2 aliphatic rings. The molecule has 12 nitrogen and oxygen atoms in total. The van der Waals surface area contributed by atoms with Gasteiger partial charge in [-0.25, -0.2) is 0 Å². The molecule has 0 amide bonds. The van der Waals surface area contributed by atoms with Crippen LogP contribution in [-0.4, -0.2) is 56.7 Å². The first-order valence-electron chi connectivity index (χ1n) is 13.5. The summed E-state index contributed by atoms with van der Waals surface area (Å²) in [6, 6.07) is 11.8. The van der Waals surface area contributed by atoms with Crippen molar-refractivity contribution in [2.75, 3.05) is 0 Å². The number of hydrogen-bond acceptors (Lipinski definition) is 10. The van der Waals surface area contributed by atoms with Crippen LogP contribution in [0.3, 0.4) is 0 Å². The largest absolute Gasteiger partial charge is 0.506 e. The van der Waals surface area contributed by atoms with Gasteiger partial charge in [0.05, 0.1) is 12.4 Å². The molecule has 4 N–H and O–H groups in total. The van der Waals surface area contributed by atoms with E-state index in [1.807, 2.05) is 69.2 Å². The topological polar surface area (TPSA) is 180 Å². The van der Waals surface area contributed by atoms with Crippen molar-refractivity contribution in [3.63, 3.8) is 0 Å². The maximum Gasteiger partial charge on any atom is 0.238 e. The summed E-state index contributed by atoms with van der Waals surface area (Å²) in [6.07, 6.45) is 2.72. The first-order valence-corrected chi connectivity index (χ1v) is 13.5. The molecule has 0 bridgehead atoms. The Morgan fingerprint density at radius 1 is 0.500 bits per heavy atom. The quantitative estimate of drug-likeness (QED) is 0.229. The monoisotopic (exact) mass is 736 g/mol. The average Bonchev–Trinajstić information content (AvgIpc) is 3.64. The predicted octanol–water partition coefficient (Wildman–Crippen LogP) is 8.73. The second kappa shape index (κ2) is 34.9. The molecule has 0 spiro atoms. The van der Waals surface area contributed by atoms with Crippen LogP contribution in [0.4, 0.5) is 11.4 Å². The molecule has 2 heterocycles. The molecule has 0 saturated heterocycles. The Morgan fingerprint density at radius 3 is 1.02 bits per heavy atom. The third-order valence-electron chi connectivity index (χ3n) is 3.61. The van der Waals surface area contributed by atoms with Gasteiger partial charge in [-0.05, 0) is 24.3 Å². The first-order chi connectivity index (χ1) is 19.5. The molecule has 0 aromatic heterocycles. The molecule has 2 aromatic rings. The second-order valence-electron chi connectivity index (χ2n) is 5.74. The minimum atomic E-state index is -0.649. The Kier molecular flexibility index (Phi) is 41.1. The van der Waals surface area contributed by atoms with Gasteiger partial charge in [0.2, 0.25) is 11.8 Å². The molecule has 42 heavy (non-hydrogen) atoms. The average molecular weight is 737 g/mol. The van der Waals surface area contributed by atoms with Gasteiger partial charge in [0, 0.05) is 65.4 Å². The minimum absolute atomic E-state index is 0. The van der Waals surface area contributed by atoms with Crippen molar-refractivity contribution in [1.82, 2.24) is 0 Å². The molecular weight excluding hydrogens is 690 g/mol. The van der Waals surface area contributed by atoms with Crippen molar-refractivity contribution in [2.45, 2.75) is 81.3 Å². The first kappa shape index (κ1) is 49.4. The van der Waals surface area contributed by atoms with E-state index >= 15 is 0 Å². The number of para-hydroxylation sites is 2. The van der Waals surface area contributed by atoms with Gasteiger partial charge in [-0.1, -0.05) is 93.5 Å². The Labute approximate surface area is 301 Å². The smallest absolute Gasteiger partial charge is 0.238 e. The fourth-order valence-corrected chi connectivity index (χ4v) is 2.07. The Bertz CT molecular complexity index is 1010. The number of aliphatic hydroxyl groups is 2. The van der Waals surface area contributed by atoms with Gasteiger partial charge in [-0.3, -0.25) is 0 Å². The fraction of sp³-hybridized carbons (Fsp3) is 0.429. The van der Waals surface area contributed by atoms with Crippen LogP contribution < -0.4 is 0 Å². The zero-order valence-corrected chi connectivity index (χ0v) is 32.1. The molecule has 0 fully saturated rings. The fourth-order valence-electron chi connectivity index (χ4n) is 2.07. The minimum Gasteiger partial charge on any atom is -0.506 e. The van der Waals surface area contributed by atoms with Crippen LogP contribution in [0.5, 0.6) is 11.5 Å². The van der Waals surface area contributed by atoms with E-state index in [1.165, 1.54) is 24.6 Å². The summed E-state index contributed by atoms with van der Waals surface area (Å²) >= 11 is 0. The molecule has 2 unspecified atom stereocenters. The van der Waals surface area contributed by atoms with Crippen molar-refractivity contribution in [2.24, 2.45) is 40.9 Å². The van der Waals surface area contributed by atoms with Crippen LogP contribution in [0.1, 0.15) is 69.2 Å². The van der Waals surface area contributed by atoms with Crippen molar-refractivity contribution in [1.29, 1.82) is 0 Å². The Hall–Kier alpha value is -2.27. The van der Waals surface area contributed by atoms with Gasteiger partial charge < -0.3 is 20.4 Å². The van der Waals surface area contributed by atoms with Crippen molar-refractivity contribution >= 4 is 35.6 Å². The van der Waals surface area contributed by atoms with E-state index in [4.69, 9.17) is 10.2 Å². The number of phenolic OH excluding ortho intramolecular Hbond substituents is 2. The van der Waals surface area contributed by atoms with E-state index in [2.05, 4.69) is 40.9 Å².